The highest BCUT2D eigenvalue weighted by molar-refractivity contribution is 5.36. The molecule has 2 aromatic carbocycles. The lowest BCUT2D eigenvalue weighted by Gasteiger charge is -2.16. The van der Waals surface area contributed by atoms with Gasteiger partial charge >= 0.3 is 0 Å². The van der Waals surface area contributed by atoms with Crippen LogP contribution in [-0.2, 0) is 0 Å². The molecule has 0 heterocycles. The standard InChI is InChI=1S/C18H22O2/c1-12-5-7-16(14(3)9-12)17(19)11-20-18-8-6-13(2)10-15(18)4/h5-10,17,19H,11H2,1-4H3. The van der Waals surface area contributed by atoms with Crippen LogP contribution in [0, 0.1) is 27.7 Å². The van der Waals surface area contributed by atoms with E-state index in [0.29, 0.717) is 0 Å². The van der Waals surface area contributed by atoms with E-state index in [0.717, 1.165) is 22.4 Å². The molecule has 106 valence electrons. The Morgan fingerprint density at radius 1 is 0.900 bits per heavy atom. The molecule has 2 heteroatoms. The van der Waals surface area contributed by atoms with Crippen molar-refractivity contribution in [2.75, 3.05) is 6.61 Å². The number of benzene rings is 2. The molecule has 2 rings (SSSR count). The molecule has 0 aliphatic carbocycles. The molecule has 2 aromatic rings. The van der Waals surface area contributed by atoms with Crippen LogP contribution in [0.1, 0.15) is 33.9 Å². The van der Waals surface area contributed by atoms with Crippen LogP contribution in [-0.4, -0.2) is 11.7 Å². The normalized spacial score (nSPS) is 12.2. The second-order valence-electron chi connectivity index (χ2n) is 5.46. The predicted molar refractivity (Wildman–Crippen MR) is 82.3 cm³/mol. The van der Waals surface area contributed by atoms with Crippen molar-refractivity contribution in [2.24, 2.45) is 0 Å². The molecule has 0 spiro atoms. The molecule has 0 saturated carbocycles. The van der Waals surface area contributed by atoms with Crippen molar-refractivity contribution in [2.45, 2.75) is 33.8 Å². The number of hydrogen-bond acceptors (Lipinski definition) is 2. The van der Waals surface area contributed by atoms with Crippen molar-refractivity contribution in [1.29, 1.82) is 0 Å². The summed E-state index contributed by atoms with van der Waals surface area (Å²) in [7, 11) is 0. The first-order valence-electron chi connectivity index (χ1n) is 6.92. The Morgan fingerprint density at radius 2 is 1.50 bits per heavy atom. The van der Waals surface area contributed by atoms with E-state index in [2.05, 4.69) is 26.0 Å². The fraction of sp³-hybridized carbons (Fsp3) is 0.333. The van der Waals surface area contributed by atoms with Crippen molar-refractivity contribution in [1.82, 2.24) is 0 Å². The number of aliphatic hydroxyl groups is 1. The molecule has 1 unspecified atom stereocenters. The third kappa shape index (κ3) is 3.40. The Kier molecular flexibility index (Phi) is 4.46. The van der Waals surface area contributed by atoms with Gasteiger partial charge in [0.25, 0.3) is 0 Å². The first kappa shape index (κ1) is 14.6. The summed E-state index contributed by atoms with van der Waals surface area (Å²) in [5, 5.41) is 10.3. The Hall–Kier alpha value is -1.80. The van der Waals surface area contributed by atoms with E-state index >= 15 is 0 Å². The van der Waals surface area contributed by atoms with Crippen molar-refractivity contribution < 1.29 is 9.84 Å². The van der Waals surface area contributed by atoms with Gasteiger partial charge in [0, 0.05) is 0 Å². The molecule has 1 atom stereocenters. The van der Waals surface area contributed by atoms with E-state index in [1.54, 1.807) is 0 Å². The van der Waals surface area contributed by atoms with Crippen LogP contribution >= 0.6 is 0 Å². The summed E-state index contributed by atoms with van der Waals surface area (Å²) in [5.74, 6) is 0.833. The summed E-state index contributed by atoms with van der Waals surface area (Å²) >= 11 is 0. The third-order valence-electron chi connectivity index (χ3n) is 3.51. The summed E-state index contributed by atoms with van der Waals surface area (Å²) in [6.45, 7) is 8.42. The van der Waals surface area contributed by atoms with Gasteiger partial charge < -0.3 is 9.84 Å². The van der Waals surface area contributed by atoms with E-state index in [1.165, 1.54) is 11.1 Å². The fourth-order valence-electron chi connectivity index (χ4n) is 2.42. The highest BCUT2D eigenvalue weighted by Gasteiger charge is 2.12. The molecule has 0 amide bonds. The minimum atomic E-state index is -0.601. The van der Waals surface area contributed by atoms with Gasteiger partial charge in [-0.3, -0.25) is 0 Å². The first-order chi connectivity index (χ1) is 9.47. The topological polar surface area (TPSA) is 29.5 Å². The summed E-state index contributed by atoms with van der Waals surface area (Å²) in [5.41, 5.74) is 5.54. The van der Waals surface area contributed by atoms with E-state index < -0.39 is 6.10 Å². The van der Waals surface area contributed by atoms with Crippen molar-refractivity contribution in [3.63, 3.8) is 0 Å². The van der Waals surface area contributed by atoms with E-state index in [-0.39, 0.29) is 6.61 Å². The van der Waals surface area contributed by atoms with Crippen molar-refractivity contribution >= 4 is 0 Å². The van der Waals surface area contributed by atoms with Gasteiger partial charge in [-0.1, -0.05) is 41.5 Å². The molecule has 2 nitrogen and oxygen atoms in total. The monoisotopic (exact) mass is 270 g/mol. The minimum absolute atomic E-state index is 0.272. The van der Waals surface area contributed by atoms with Gasteiger partial charge in [0.15, 0.2) is 0 Å². The third-order valence-corrected chi connectivity index (χ3v) is 3.51. The van der Waals surface area contributed by atoms with Gasteiger partial charge in [0.2, 0.25) is 0 Å². The van der Waals surface area contributed by atoms with Gasteiger partial charge in [-0.15, -0.1) is 0 Å². The zero-order valence-electron chi connectivity index (χ0n) is 12.6. The fourth-order valence-corrected chi connectivity index (χ4v) is 2.42. The average Bonchev–Trinajstić information content (AvgIpc) is 2.37. The lowest BCUT2D eigenvalue weighted by molar-refractivity contribution is 0.107. The minimum Gasteiger partial charge on any atom is -0.490 e. The highest BCUT2D eigenvalue weighted by Crippen LogP contribution is 2.23. The second kappa shape index (κ2) is 6.10. The Morgan fingerprint density at radius 3 is 2.10 bits per heavy atom. The maximum Gasteiger partial charge on any atom is 0.122 e. The lowest BCUT2D eigenvalue weighted by Crippen LogP contribution is -2.11. The highest BCUT2D eigenvalue weighted by atomic mass is 16.5. The van der Waals surface area contributed by atoms with Crippen LogP contribution in [0.4, 0.5) is 0 Å². The molecule has 0 radical (unpaired) electrons. The molecule has 0 aromatic heterocycles. The van der Waals surface area contributed by atoms with Gasteiger partial charge in [0.1, 0.15) is 18.5 Å². The number of rotatable bonds is 4. The van der Waals surface area contributed by atoms with Crippen LogP contribution in [0.2, 0.25) is 0 Å². The molecule has 20 heavy (non-hydrogen) atoms. The molecule has 0 aliphatic heterocycles. The molecule has 0 fully saturated rings. The van der Waals surface area contributed by atoms with Crippen molar-refractivity contribution in [3.05, 3.63) is 64.2 Å². The van der Waals surface area contributed by atoms with E-state index in [4.69, 9.17) is 4.74 Å². The predicted octanol–water partition coefficient (Wildman–Crippen LogP) is 4.03. The number of aliphatic hydroxyl groups excluding tert-OH is 1. The lowest BCUT2D eigenvalue weighted by atomic mass is 10.0. The molecule has 0 aliphatic rings. The Labute approximate surface area is 121 Å². The Bertz CT molecular complexity index is 602. The van der Waals surface area contributed by atoms with Crippen LogP contribution in [0.15, 0.2) is 36.4 Å². The van der Waals surface area contributed by atoms with Gasteiger partial charge in [-0.05, 0) is 50.5 Å². The zero-order chi connectivity index (χ0) is 14.7. The van der Waals surface area contributed by atoms with Crippen LogP contribution in [0.3, 0.4) is 0 Å². The summed E-state index contributed by atoms with van der Waals surface area (Å²) < 4.78 is 5.74. The summed E-state index contributed by atoms with van der Waals surface area (Å²) in [4.78, 5) is 0. The molecule has 1 N–H and O–H groups in total. The largest absolute Gasteiger partial charge is 0.490 e. The number of aryl methyl sites for hydroxylation is 4. The van der Waals surface area contributed by atoms with Crippen LogP contribution < -0.4 is 4.74 Å². The van der Waals surface area contributed by atoms with Crippen LogP contribution in [0.5, 0.6) is 5.75 Å². The van der Waals surface area contributed by atoms with E-state index in [9.17, 15) is 5.11 Å². The summed E-state index contributed by atoms with van der Waals surface area (Å²) in [6.07, 6.45) is -0.601. The van der Waals surface area contributed by atoms with Gasteiger partial charge in [0.05, 0.1) is 0 Å². The molecular formula is C18H22O2. The maximum absolute atomic E-state index is 10.3. The van der Waals surface area contributed by atoms with Crippen LogP contribution in [0.25, 0.3) is 0 Å². The Balaban J connectivity index is 2.06. The first-order valence-corrected chi connectivity index (χ1v) is 6.92. The quantitative estimate of drug-likeness (QED) is 0.908. The molecular weight excluding hydrogens is 248 g/mol. The number of hydrogen-bond donors (Lipinski definition) is 1. The van der Waals surface area contributed by atoms with E-state index in [1.807, 2.05) is 38.1 Å². The smallest absolute Gasteiger partial charge is 0.122 e. The van der Waals surface area contributed by atoms with Gasteiger partial charge in [-0.25, -0.2) is 0 Å². The molecule has 0 saturated heterocycles. The average molecular weight is 270 g/mol. The maximum atomic E-state index is 10.3. The summed E-state index contributed by atoms with van der Waals surface area (Å²) in [6, 6.07) is 12.1. The second-order valence-corrected chi connectivity index (χ2v) is 5.46. The number of ether oxygens (including phenoxy) is 1. The molecule has 0 bridgehead atoms. The van der Waals surface area contributed by atoms with Gasteiger partial charge in [-0.2, -0.15) is 0 Å². The van der Waals surface area contributed by atoms with Crippen molar-refractivity contribution in [3.8, 4) is 5.75 Å². The zero-order valence-corrected chi connectivity index (χ0v) is 12.6. The SMILES string of the molecule is Cc1ccc(OCC(O)c2ccc(C)cc2C)c(C)c1.